The largest absolute Gasteiger partial charge is 0.401 e. The van der Waals surface area contributed by atoms with E-state index in [4.69, 9.17) is 11.6 Å². The molecule has 0 aliphatic heterocycles. The Kier molecular flexibility index (Phi) is 7.86. The molecule has 0 aromatic carbocycles. The number of thioether (sulfide) groups is 1. The maximum Gasteiger partial charge on any atom is 0.401 e. The van der Waals surface area contributed by atoms with Gasteiger partial charge in [-0.15, -0.1) is 11.6 Å². The van der Waals surface area contributed by atoms with E-state index in [9.17, 15) is 13.2 Å². The molecule has 0 aliphatic carbocycles. The summed E-state index contributed by atoms with van der Waals surface area (Å²) in [6.07, 6.45) is -4.12. The van der Waals surface area contributed by atoms with Gasteiger partial charge in [-0.25, -0.2) is 0 Å². The highest BCUT2D eigenvalue weighted by atomic mass is 35.5. The van der Waals surface area contributed by atoms with Gasteiger partial charge >= 0.3 is 6.18 Å². The molecule has 0 unspecified atom stereocenters. The van der Waals surface area contributed by atoms with Gasteiger partial charge in [0, 0.05) is 24.7 Å². The average Bonchev–Trinajstić information content (AvgIpc) is 2.02. The number of hydrogen-bond acceptors (Lipinski definition) is 2. The molecule has 0 amide bonds. The van der Waals surface area contributed by atoms with E-state index < -0.39 is 12.7 Å². The summed E-state index contributed by atoms with van der Waals surface area (Å²) < 4.78 is 36.1. The summed E-state index contributed by atoms with van der Waals surface area (Å²) in [4.78, 5) is 1.34. The van der Waals surface area contributed by atoms with E-state index in [0.29, 0.717) is 13.1 Å². The van der Waals surface area contributed by atoms with Crippen molar-refractivity contribution >= 4 is 23.4 Å². The van der Waals surface area contributed by atoms with Crippen molar-refractivity contribution in [2.75, 3.05) is 37.0 Å². The van der Waals surface area contributed by atoms with Gasteiger partial charge in [-0.3, -0.25) is 4.90 Å². The summed E-state index contributed by atoms with van der Waals surface area (Å²) in [5.41, 5.74) is 0. The number of nitrogens with zero attached hydrogens (tertiary/aromatic N) is 1. The Labute approximate surface area is 92.0 Å². The first-order valence-electron chi connectivity index (χ1n) is 4.42. The number of rotatable bonds is 7. The van der Waals surface area contributed by atoms with Gasteiger partial charge in [-0.2, -0.15) is 24.9 Å². The molecule has 14 heavy (non-hydrogen) atoms. The van der Waals surface area contributed by atoms with Crippen molar-refractivity contribution in [3.05, 3.63) is 0 Å². The molecular weight excluding hydrogens is 235 g/mol. The predicted molar refractivity (Wildman–Crippen MR) is 56.2 cm³/mol. The predicted octanol–water partition coefficient (Wildman–Crippen LogP) is 2.84. The fraction of sp³-hybridized carbons (Fsp3) is 1.00. The second-order valence-electron chi connectivity index (χ2n) is 2.78. The van der Waals surface area contributed by atoms with Crippen molar-refractivity contribution in [2.45, 2.75) is 13.1 Å². The van der Waals surface area contributed by atoms with Gasteiger partial charge in [-0.05, 0) is 5.75 Å². The molecule has 86 valence electrons. The lowest BCUT2D eigenvalue weighted by molar-refractivity contribution is -0.144. The molecule has 0 radical (unpaired) electrons. The lowest BCUT2D eigenvalue weighted by Crippen LogP contribution is -2.37. The lowest BCUT2D eigenvalue weighted by Gasteiger charge is -2.22. The van der Waals surface area contributed by atoms with Crippen LogP contribution >= 0.6 is 23.4 Å². The molecule has 0 fully saturated rings. The van der Waals surface area contributed by atoms with E-state index in [0.717, 1.165) is 11.5 Å². The average molecular weight is 250 g/mol. The third-order valence-corrected chi connectivity index (χ3v) is 2.61. The Bertz CT molecular complexity index is 143. The van der Waals surface area contributed by atoms with Gasteiger partial charge in [0.2, 0.25) is 0 Å². The number of alkyl halides is 4. The van der Waals surface area contributed by atoms with E-state index in [1.54, 1.807) is 11.8 Å². The molecule has 0 rings (SSSR count). The van der Waals surface area contributed by atoms with Gasteiger partial charge in [-0.1, -0.05) is 6.92 Å². The molecule has 0 aromatic rings. The highest BCUT2D eigenvalue weighted by molar-refractivity contribution is 7.99. The van der Waals surface area contributed by atoms with Crippen molar-refractivity contribution in [3.8, 4) is 0 Å². The first-order valence-corrected chi connectivity index (χ1v) is 6.11. The Morgan fingerprint density at radius 3 is 2.36 bits per heavy atom. The van der Waals surface area contributed by atoms with E-state index in [1.807, 2.05) is 6.92 Å². The zero-order chi connectivity index (χ0) is 11.0. The minimum Gasteiger partial charge on any atom is -0.293 e. The summed E-state index contributed by atoms with van der Waals surface area (Å²) in [5, 5.41) is 0. The molecule has 0 atom stereocenters. The number of halogens is 4. The van der Waals surface area contributed by atoms with Crippen LogP contribution in [0.5, 0.6) is 0 Å². The van der Waals surface area contributed by atoms with E-state index in [2.05, 4.69) is 0 Å². The first-order chi connectivity index (χ1) is 6.49. The molecule has 0 aliphatic rings. The molecule has 0 spiro atoms. The monoisotopic (exact) mass is 249 g/mol. The second kappa shape index (κ2) is 7.65. The highest BCUT2D eigenvalue weighted by Crippen LogP contribution is 2.16. The Morgan fingerprint density at radius 1 is 1.29 bits per heavy atom. The van der Waals surface area contributed by atoms with Crippen LogP contribution in [0, 0.1) is 0 Å². The van der Waals surface area contributed by atoms with Crippen LogP contribution in [-0.4, -0.2) is 48.1 Å². The second-order valence-corrected chi connectivity index (χ2v) is 4.55. The third kappa shape index (κ3) is 8.97. The summed E-state index contributed by atoms with van der Waals surface area (Å²) in [6, 6.07) is 0. The lowest BCUT2D eigenvalue weighted by atomic mass is 10.4. The fourth-order valence-corrected chi connectivity index (χ4v) is 1.90. The maximum atomic E-state index is 12.0. The summed E-state index contributed by atoms with van der Waals surface area (Å²) in [5.74, 6) is 1.90. The van der Waals surface area contributed by atoms with Gasteiger partial charge in [0.15, 0.2) is 0 Å². The summed E-state index contributed by atoms with van der Waals surface area (Å²) >= 11 is 7.06. The topological polar surface area (TPSA) is 3.24 Å². The van der Waals surface area contributed by atoms with Crippen LogP contribution in [0.1, 0.15) is 6.92 Å². The minimum absolute atomic E-state index is 0.243. The van der Waals surface area contributed by atoms with Crippen LogP contribution in [-0.2, 0) is 0 Å². The quantitative estimate of drug-likeness (QED) is 0.504. The summed E-state index contributed by atoms with van der Waals surface area (Å²) in [7, 11) is 0. The van der Waals surface area contributed by atoms with Crippen LogP contribution < -0.4 is 0 Å². The summed E-state index contributed by atoms with van der Waals surface area (Å²) in [6.45, 7) is 1.88. The normalized spacial score (nSPS) is 12.4. The maximum absolute atomic E-state index is 12.0. The van der Waals surface area contributed by atoms with Crippen molar-refractivity contribution < 1.29 is 13.2 Å². The molecule has 0 saturated heterocycles. The van der Waals surface area contributed by atoms with Crippen molar-refractivity contribution in [3.63, 3.8) is 0 Å². The third-order valence-electron chi connectivity index (χ3n) is 1.56. The Balaban J connectivity index is 3.77. The van der Waals surface area contributed by atoms with E-state index in [-0.39, 0.29) is 5.88 Å². The molecule has 0 N–H and O–H groups in total. The van der Waals surface area contributed by atoms with Gasteiger partial charge in [0.1, 0.15) is 0 Å². The van der Waals surface area contributed by atoms with Crippen LogP contribution in [0.2, 0.25) is 0 Å². The van der Waals surface area contributed by atoms with Crippen molar-refractivity contribution in [1.82, 2.24) is 4.90 Å². The van der Waals surface area contributed by atoms with Gasteiger partial charge in [0.25, 0.3) is 0 Å². The van der Waals surface area contributed by atoms with Gasteiger partial charge in [0.05, 0.1) is 6.54 Å². The van der Waals surface area contributed by atoms with Crippen LogP contribution in [0.4, 0.5) is 13.2 Å². The molecule has 1 nitrogen and oxygen atoms in total. The molecule has 6 heteroatoms. The standard InChI is InChI=1S/C8H15ClF3NS/c1-2-14-6-5-13(4-3-9)7-8(10,11)12/h2-7H2,1H3. The molecule has 0 aromatic heterocycles. The smallest absolute Gasteiger partial charge is 0.293 e. The molecular formula is C8H15ClF3NS. The van der Waals surface area contributed by atoms with Crippen LogP contribution in [0.15, 0.2) is 0 Å². The fourth-order valence-electron chi connectivity index (χ4n) is 0.981. The van der Waals surface area contributed by atoms with Crippen LogP contribution in [0.3, 0.4) is 0 Å². The molecule has 0 saturated carbocycles. The SMILES string of the molecule is CCSCCN(CCCl)CC(F)(F)F. The van der Waals surface area contributed by atoms with Crippen molar-refractivity contribution in [1.29, 1.82) is 0 Å². The molecule has 0 heterocycles. The molecule has 0 bridgehead atoms. The Morgan fingerprint density at radius 2 is 1.93 bits per heavy atom. The van der Waals surface area contributed by atoms with E-state index in [1.165, 1.54) is 4.90 Å². The van der Waals surface area contributed by atoms with Crippen LogP contribution in [0.25, 0.3) is 0 Å². The first kappa shape index (κ1) is 14.4. The van der Waals surface area contributed by atoms with Crippen molar-refractivity contribution in [2.24, 2.45) is 0 Å². The van der Waals surface area contributed by atoms with Gasteiger partial charge < -0.3 is 0 Å². The zero-order valence-electron chi connectivity index (χ0n) is 8.11. The Hall–Kier alpha value is 0.390. The highest BCUT2D eigenvalue weighted by Gasteiger charge is 2.30. The zero-order valence-corrected chi connectivity index (χ0v) is 9.68. The minimum atomic E-state index is -4.12. The van der Waals surface area contributed by atoms with E-state index >= 15 is 0 Å². The number of hydrogen-bond donors (Lipinski definition) is 0.